The summed E-state index contributed by atoms with van der Waals surface area (Å²) in [5, 5.41) is 2.96. The molecular formula is C27H30N4O4. The predicted octanol–water partition coefficient (Wildman–Crippen LogP) is 4.20. The van der Waals surface area contributed by atoms with Crippen molar-refractivity contribution in [1.29, 1.82) is 0 Å². The van der Waals surface area contributed by atoms with Crippen molar-refractivity contribution in [2.24, 2.45) is 0 Å². The van der Waals surface area contributed by atoms with E-state index >= 15 is 0 Å². The molecule has 35 heavy (non-hydrogen) atoms. The Morgan fingerprint density at radius 2 is 1.69 bits per heavy atom. The number of aromatic nitrogens is 1. The van der Waals surface area contributed by atoms with Crippen molar-refractivity contribution in [3.8, 4) is 11.5 Å². The molecule has 0 unspecified atom stereocenters. The molecule has 0 atom stereocenters. The molecule has 2 heterocycles. The van der Waals surface area contributed by atoms with Gasteiger partial charge in [-0.25, -0.2) is 9.78 Å². The molecule has 0 saturated carbocycles. The zero-order chi connectivity index (χ0) is 24.6. The lowest BCUT2D eigenvalue weighted by atomic mass is 10.0. The summed E-state index contributed by atoms with van der Waals surface area (Å²) in [5.74, 6) is 1.89. The first-order valence-corrected chi connectivity index (χ1v) is 11.6. The molecule has 1 saturated heterocycles. The predicted molar refractivity (Wildman–Crippen MR) is 135 cm³/mol. The van der Waals surface area contributed by atoms with Crippen LogP contribution < -0.4 is 15.0 Å². The maximum Gasteiger partial charge on any atom is 0.339 e. The monoisotopic (exact) mass is 474 g/mol. The van der Waals surface area contributed by atoms with Gasteiger partial charge < -0.3 is 19.7 Å². The van der Waals surface area contributed by atoms with Crippen molar-refractivity contribution in [2.75, 3.05) is 44.0 Å². The number of rotatable bonds is 8. The third-order valence-corrected chi connectivity index (χ3v) is 6.09. The molecule has 0 aliphatic carbocycles. The number of likely N-dealkylation sites (N-methyl/N-ethyl adjacent to an activating group) is 1. The number of carbonyl (C=O) groups excluding carboxylic acids is 2. The van der Waals surface area contributed by atoms with E-state index in [2.05, 4.69) is 20.1 Å². The molecule has 1 fully saturated rings. The lowest BCUT2D eigenvalue weighted by molar-refractivity contribution is -0.117. The van der Waals surface area contributed by atoms with Crippen molar-refractivity contribution < 1.29 is 19.1 Å². The fourth-order valence-electron chi connectivity index (χ4n) is 4.13. The lowest BCUT2D eigenvalue weighted by Gasteiger charge is -2.37. The number of para-hydroxylation sites is 1. The number of carbonyl (C=O) groups is 2. The van der Waals surface area contributed by atoms with Crippen LogP contribution >= 0.6 is 0 Å². The van der Waals surface area contributed by atoms with Crippen LogP contribution in [0.2, 0.25) is 0 Å². The third kappa shape index (κ3) is 6.58. The number of nitrogens with zero attached hydrogens (tertiary/aromatic N) is 3. The fourth-order valence-corrected chi connectivity index (χ4v) is 4.13. The molecule has 1 aliphatic heterocycles. The van der Waals surface area contributed by atoms with Crippen LogP contribution in [0.25, 0.3) is 0 Å². The summed E-state index contributed by atoms with van der Waals surface area (Å²) in [6.07, 6.45) is 3.40. The highest BCUT2D eigenvalue weighted by molar-refractivity contribution is 5.92. The van der Waals surface area contributed by atoms with Gasteiger partial charge in [-0.05, 0) is 68.4 Å². The first-order valence-electron chi connectivity index (χ1n) is 11.6. The average Bonchev–Trinajstić information content (AvgIpc) is 2.90. The Kier molecular flexibility index (Phi) is 7.95. The van der Waals surface area contributed by atoms with Crippen LogP contribution in [0.5, 0.6) is 11.5 Å². The Morgan fingerprint density at radius 1 is 1.00 bits per heavy atom. The van der Waals surface area contributed by atoms with Crippen molar-refractivity contribution >= 4 is 23.4 Å². The smallest absolute Gasteiger partial charge is 0.339 e. The Bertz CT molecular complexity index is 1110. The van der Waals surface area contributed by atoms with E-state index in [9.17, 15) is 9.59 Å². The molecule has 3 aromatic rings. The van der Waals surface area contributed by atoms with Gasteiger partial charge in [0.25, 0.3) is 0 Å². The third-order valence-electron chi connectivity index (χ3n) is 6.09. The zero-order valence-electron chi connectivity index (χ0n) is 20.0. The normalized spacial score (nSPS) is 14.0. The standard InChI is InChI=1S/C27H30N4O4/c1-30(22-14-16-31(17-15-22)25-13-8-20(18-28-25)27(33)34-2)19-26(32)29-21-9-11-24(12-10-21)35-23-6-4-3-5-7-23/h3-13,18,22H,14-17,19H2,1-2H3,(H,29,32). The van der Waals surface area contributed by atoms with Gasteiger partial charge in [0.15, 0.2) is 0 Å². The second-order valence-electron chi connectivity index (χ2n) is 8.52. The largest absolute Gasteiger partial charge is 0.465 e. The van der Waals surface area contributed by atoms with Crippen LogP contribution in [0.4, 0.5) is 11.5 Å². The molecule has 8 heteroatoms. The minimum atomic E-state index is -0.390. The van der Waals surface area contributed by atoms with Crippen molar-refractivity contribution in [3.05, 3.63) is 78.5 Å². The van der Waals surface area contributed by atoms with Gasteiger partial charge in [-0.1, -0.05) is 18.2 Å². The topological polar surface area (TPSA) is 84.0 Å². The molecule has 8 nitrogen and oxygen atoms in total. The molecule has 0 radical (unpaired) electrons. The summed E-state index contributed by atoms with van der Waals surface area (Å²) in [5.41, 5.74) is 1.18. The molecule has 2 aromatic carbocycles. The first-order chi connectivity index (χ1) is 17.0. The molecule has 1 aromatic heterocycles. The fraction of sp³-hybridized carbons (Fsp3) is 0.296. The van der Waals surface area contributed by atoms with Gasteiger partial charge in [0.2, 0.25) is 5.91 Å². The highest BCUT2D eigenvalue weighted by Gasteiger charge is 2.24. The molecule has 0 spiro atoms. The second kappa shape index (κ2) is 11.5. The number of pyridine rings is 1. The lowest BCUT2D eigenvalue weighted by Crippen LogP contribution is -2.45. The van der Waals surface area contributed by atoms with Crippen LogP contribution in [0, 0.1) is 0 Å². The highest BCUT2D eigenvalue weighted by Crippen LogP contribution is 2.23. The number of benzene rings is 2. The van der Waals surface area contributed by atoms with Gasteiger partial charge in [0.1, 0.15) is 17.3 Å². The maximum absolute atomic E-state index is 12.6. The number of amides is 1. The van der Waals surface area contributed by atoms with E-state index in [4.69, 9.17) is 9.47 Å². The van der Waals surface area contributed by atoms with Crippen LogP contribution in [0.15, 0.2) is 72.9 Å². The molecule has 1 amide bonds. The average molecular weight is 475 g/mol. The minimum absolute atomic E-state index is 0.0493. The Morgan fingerprint density at radius 3 is 2.31 bits per heavy atom. The number of hydrogen-bond acceptors (Lipinski definition) is 7. The number of anilines is 2. The molecule has 1 N–H and O–H groups in total. The van der Waals surface area contributed by atoms with E-state index in [0.717, 1.165) is 43.2 Å². The molecule has 1 aliphatic rings. The summed E-state index contributed by atoms with van der Waals surface area (Å²) >= 11 is 0. The first kappa shape index (κ1) is 24.2. The summed E-state index contributed by atoms with van der Waals surface area (Å²) in [6.45, 7) is 1.99. The van der Waals surface area contributed by atoms with Gasteiger partial charge in [-0.2, -0.15) is 0 Å². The number of esters is 1. The van der Waals surface area contributed by atoms with E-state index in [1.165, 1.54) is 7.11 Å². The Labute approximate surface area is 205 Å². The van der Waals surface area contributed by atoms with Crippen LogP contribution in [0.3, 0.4) is 0 Å². The van der Waals surface area contributed by atoms with E-state index in [0.29, 0.717) is 23.9 Å². The molecule has 182 valence electrons. The summed E-state index contributed by atoms with van der Waals surface area (Å²) in [7, 11) is 3.34. The van der Waals surface area contributed by atoms with Crippen molar-refractivity contribution in [2.45, 2.75) is 18.9 Å². The van der Waals surface area contributed by atoms with Crippen LogP contribution in [-0.2, 0) is 9.53 Å². The minimum Gasteiger partial charge on any atom is -0.465 e. The molecular weight excluding hydrogens is 444 g/mol. The number of hydrogen-bond donors (Lipinski definition) is 1. The number of methoxy groups -OCH3 is 1. The molecule has 4 rings (SSSR count). The van der Waals surface area contributed by atoms with E-state index in [1.807, 2.05) is 67.7 Å². The Balaban J connectivity index is 1.22. The SMILES string of the molecule is COC(=O)c1ccc(N2CCC(N(C)CC(=O)Nc3ccc(Oc4ccccc4)cc3)CC2)nc1. The summed E-state index contributed by atoms with van der Waals surface area (Å²) < 4.78 is 10.5. The number of nitrogens with one attached hydrogen (secondary N) is 1. The molecule has 0 bridgehead atoms. The van der Waals surface area contributed by atoms with Crippen LogP contribution in [-0.4, -0.2) is 61.6 Å². The van der Waals surface area contributed by atoms with E-state index in [1.54, 1.807) is 12.3 Å². The number of piperidine rings is 1. The second-order valence-corrected chi connectivity index (χ2v) is 8.52. The zero-order valence-corrected chi connectivity index (χ0v) is 20.0. The quantitative estimate of drug-likeness (QED) is 0.490. The maximum atomic E-state index is 12.6. The van der Waals surface area contributed by atoms with Gasteiger partial charge in [-0.3, -0.25) is 9.69 Å². The van der Waals surface area contributed by atoms with Crippen molar-refractivity contribution in [3.63, 3.8) is 0 Å². The van der Waals surface area contributed by atoms with E-state index in [-0.39, 0.29) is 11.9 Å². The van der Waals surface area contributed by atoms with Gasteiger partial charge in [0.05, 0.1) is 19.2 Å². The summed E-state index contributed by atoms with van der Waals surface area (Å²) in [4.78, 5) is 32.9. The van der Waals surface area contributed by atoms with Gasteiger partial charge in [0, 0.05) is 31.0 Å². The van der Waals surface area contributed by atoms with Crippen LogP contribution in [0.1, 0.15) is 23.2 Å². The van der Waals surface area contributed by atoms with Crippen molar-refractivity contribution in [1.82, 2.24) is 9.88 Å². The van der Waals surface area contributed by atoms with Gasteiger partial charge >= 0.3 is 5.97 Å². The number of ether oxygens (including phenoxy) is 2. The van der Waals surface area contributed by atoms with Gasteiger partial charge in [-0.15, -0.1) is 0 Å². The van der Waals surface area contributed by atoms with E-state index < -0.39 is 0 Å². The summed E-state index contributed by atoms with van der Waals surface area (Å²) in [6, 6.07) is 20.8. The Hall–Kier alpha value is -3.91. The highest BCUT2D eigenvalue weighted by atomic mass is 16.5.